The molecule has 0 aliphatic rings. The molecule has 29 heavy (non-hydrogen) atoms. The largest absolute Gasteiger partial charge is 0.349 e. The second-order valence-corrected chi connectivity index (χ2v) is 7.25. The first-order valence-electron chi connectivity index (χ1n) is 8.87. The summed E-state index contributed by atoms with van der Waals surface area (Å²) in [7, 11) is 3.48. The van der Waals surface area contributed by atoms with Crippen LogP contribution in [0.1, 0.15) is 21.7 Å². The molecule has 0 unspecified atom stereocenters. The van der Waals surface area contributed by atoms with Crippen LogP contribution in [0.4, 0.5) is 0 Å². The van der Waals surface area contributed by atoms with Crippen LogP contribution >= 0.6 is 11.6 Å². The lowest BCUT2D eigenvalue weighted by molar-refractivity contribution is 0.0951. The number of hydrogen-bond donors (Lipinski definition) is 1. The molecule has 0 radical (unpaired) electrons. The van der Waals surface area contributed by atoms with E-state index in [9.17, 15) is 9.59 Å². The summed E-state index contributed by atoms with van der Waals surface area (Å²) in [5, 5.41) is 7.64. The number of rotatable bonds is 4. The van der Waals surface area contributed by atoms with Gasteiger partial charge in [-0.2, -0.15) is 4.98 Å². The Hall–Kier alpha value is -3.39. The lowest BCUT2D eigenvalue weighted by Crippen LogP contribution is -2.25. The molecule has 1 N–H and O–H groups in total. The number of carbonyl (C=O) groups is 1. The van der Waals surface area contributed by atoms with Crippen molar-refractivity contribution < 1.29 is 9.32 Å². The summed E-state index contributed by atoms with van der Waals surface area (Å²) in [5.41, 5.74) is 2.47. The fourth-order valence-corrected chi connectivity index (χ4v) is 3.49. The van der Waals surface area contributed by atoms with Gasteiger partial charge in [-0.05, 0) is 36.8 Å². The molecule has 4 aromatic rings. The molecule has 0 saturated carbocycles. The Morgan fingerprint density at radius 3 is 2.62 bits per heavy atom. The van der Waals surface area contributed by atoms with Gasteiger partial charge >= 0.3 is 0 Å². The number of aromatic nitrogens is 4. The van der Waals surface area contributed by atoms with Crippen LogP contribution in [-0.4, -0.2) is 25.2 Å². The predicted octanol–water partition coefficient (Wildman–Crippen LogP) is 2.82. The molecule has 9 heteroatoms. The molecular formula is C20H18ClN5O3. The van der Waals surface area contributed by atoms with Crippen LogP contribution in [-0.2, 0) is 20.6 Å². The van der Waals surface area contributed by atoms with E-state index < -0.39 is 0 Å². The Morgan fingerprint density at radius 1 is 1.17 bits per heavy atom. The van der Waals surface area contributed by atoms with Crippen LogP contribution in [0.25, 0.3) is 22.4 Å². The summed E-state index contributed by atoms with van der Waals surface area (Å²) in [4.78, 5) is 29.6. The molecule has 0 spiro atoms. The second-order valence-electron chi connectivity index (χ2n) is 6.81. The summed E-state index contributed by atoms with van der Waals surface area (Å²) < 4.78 is 8.50. The van der Waals surface area contributed by atoms with Crippen molar-refractivity contribution >= 4 is 28.4 Å². The zero-order valence-corrected chi connectivity index (χ0v) is 16.8. The second kappa shape index (κ2) is 7.21. The average molecular weight is 412 g/mol. The van der Waals surface area contributed by atoms with Gasteiger partial charge in [-0.1, -0.05) is 16.8 Å². The molecule has 0 atom stereocenters. The minimum atomic E-state index is -0.379. The van der Waals surface area contributed by atoms with Gasteiger partial charge in [0.2, 0.25) is 0 Å². The van der Waals surface area contributed by atoms with Crippen molar-refractivity contribution in [3.05, 3.63) is 69.0 Å². The number of carbonyl (C=O) groups excluding carboxylic acids is 1. The van der Waals surface area contributed by atoms with Crippen LogP contribution in [0.3, 0.4) is 0 Å². The van der Waals surface area contributed by atoms with Gasteiger partial charge in [0, 0.05) is 37.1 Å². The number of pyridine rings is 1. The number of halogens is 1. The summed E-state index contributed by atoms with van der Waals surface area (Å²) in [6.45, 7) is 1.97. The SMILES string of the molecule is Cc1cn(C)c(=O)c2c(C(=O)NCc3noc(-c4ccc(Cl)cc4)n3)cn(C)c12. The smallest absolute Gasteiger partial charge is 0.260 e. The maximum Gasteiger partial charge on any atom is 0.260 e. The molecule has 0 bridgehead atoms. The highest BCUT2D eigenvalue weighted by atomic mass is 35.5. The van der Waals surface area contributed by atoms with Gasteiger partial charge in [-0.15, -0.1) is 0 Å². The van der Waals surface area contributed by atoms with Crippen LogP contribution in [0.2, 0.25) is 5.02 Å². The van der Waals surface area contributed by atoms with E-state index in [1.54, 1.807) is 48.3 Å². The normalized spacial score (nSPS) is 11.2. The molecule has 0 saturated heterocycles. The van der Waals surface area contributed by atoms with Gasteiger partial charge < -0.3 is 19.0 Å². The lowest BCUT2D eigenvalue weighted by atomic mass is 10.1. The van der Waals surface area contributed by atoms with E-state index in [1.165, 1.54) is 4.57 Å². The highest BCUT2D eigenvalue weighted by molar-refractivity contribution is 6.30. The van der Waals surface area contributed by atoms with E-state index in [0.717, 1.165) is 16.6 Å². The van der Waals surface area contributed by atoms with E-state index in [2.05, 4.69) is 15.5 Å². The number of fused-ring (bicyclic) bond motifs is 1. The van der Waals surface area contributed by atoms with Gasteiger partial charge in [-0.25, -0.2) is 0 Å². The molecule has 0 aliphatic carbocycles. The van der Waals surface area contributed by atoms with E-state index in [-0.39, 0.29) is 18.0 Å². The molecule has 4 rings (SSSR count). The Morgan fingerprint density at radius 2 is 1.90 bits per heavy atom. The minimum absolute atomic E-state index is 0.0679. The van der Waals surface area contributed by atoms with Crippen molar-refractivity contribution in [1.82, 2.24) is 24.6 Å². The Labute approximate surface area is 170 Å². The summed E-state index contributed by atoms with van der Waals surface area (Å²) in [6.07, 6.45) is 3.41. The van der Waals surface area contributed by atoms with Crippen molar-refractivity contribution in [3.63, 3.8) is 0 Å². The van der Waals surface area contributed by atoms with Crippen molar-refractivity contribution in [1.29, 1.82) is 0 Å². The molecule has 148 valence electrons. The van der Waals surface area contributed by atoms with Crippen molar-refractivity contribution in [3.8, 4) is 11.5 Å². The van der Waals surface area contributed by atoms with Gasteiger partial charge in [0.1, 0.15) is 0 Å². The van der Waals surface area contributed by atoms with Crippen LogP contribution < -0.4 is 10.9 Å². The van der Waals surface area contributed by atoms with E-state index in [0.29, 0.717) is 27.7 Å². The highest BCUT2D eigenvalue weighted by Crippen LogP contribution is 2.21. The summed E-state index contributed by atoms with van der Waals surface area (Å²) >= 11 is 5.88. The fraction of sp³-hybridized carbons (Fsp3) is 0.200. The fourth-order valence-electron chi connectivity index (χ4n) is 3.37. The molecule has 0 fully saturated rings. The van der Waals surface area contributed by atoms with E-state index in [1.807, 2.05) is 14.0 Å². The number of nitrogens with zero attached hydrogens (tertiary/aromatic N) is 4. The molecule has 8 nitrogen and oxygen atoms in total. The van der Waals surface area contributed by atoms with Crippen LogP contribution in [0.15, 0.2) is 46.0 Å². The maximum atomic E-state index is 12.8. The maximum absolute atomic E-state index is 12.8. The van der Waals surface area contributed by atoms with Gasteiger partial charge in [0.25, 0.3) is 17.4 Å². The first-order chi connectivity index (χ1) is 13.8. The highest BCUT2D eigenvalue weighted by Gasteiger charge is 2.20. The lowest BCUT2D eigenvalue weighted by Gasteiger charge is -2.05. The first kappa shape index (κ1) is 18.9. The predicted molar refractivity (Wildman–Crippen MR) is 109 cm³/mol. The average Bonchev–Trinajstić information content (AvgIpc) is 3.30. The van der Waals surface area contributed by atoms with Crippen LogP contribution in [0.5, 0.6) is 0 Å². The molecule has 3 heterocycles. The van der Waals surface area contributed by atoms with E-state index in [4.69, 9.17) is 16.1 Å². The minimum Gasteiger partial charge on any atom is -0.349 e. The Kier molecular flexibility index (Phi) is 4.71. The topological polar surface area (TPSA) is 94.9 Å². The molecule has 3 aromatic heterocycles. The van der Waals surface area contributed by atoms with Gasteiger partial charge in [0.15, 0.2) is 5.82 Å². The van der Waals surface area contributed by atoms with Gasteiger partial charge in [-0.3, -0.25) is 9.59 Å². The standard InChI is InChI=1S/C20H18ClN5O3/c1-11-9-26(3)20(28)16-14(10-25(2)17(11)16)18(27)22-8-15-23-19(29-24-15)12-4-6-13(21)7-5-12/h4-7,9-10H,8H2,1-3H3,(H,22,27). The van der Waals surface area contributed by atoms with Crippen molar-refractivity contribution in [2.75, 3.05) is 0 Å². The zero-order chi connectivity index (χ0) is 20.7. The van der Waals surface area contributed by atoms with Crippen LogP contribution in [0, 0.1) is 6.92 Å². The van der Waals surface area contributed by atoms with Gasteiger partial charge in [0.05, 0.1) is 23.0 Å². The first-order valence-corrected chi connectivity index (χ1v) is 9.25. The number of hydrogen-bond acceptors (Lipinski definition) is 5. The quantitative estimate of drug-likeness (QED) is 0.557. The Bertz CT molecular complexity index is 1280. The molecule has 1 aromatic carbocycles. The third kappa shape index (κ3) is 3.42. The number of nitrogens with one attached hydrogen (secondary N) is 1. The zero-order valence-electron chi connectivity index (χ0n) is 16.1. The van der Waals surface area contributed by atoms with Crippen molar-refractivity contribution in [2.45, 2.75) is 13.5 Å². The Balaban J connectivity index is 1.57. The molecule has 0 aliphatic heterocycles. The van der Waals surface area contributed by atoms with Crippen molar-refractivity contribution in [2.24, 2.45) is 14.1 Å². The third-order valence-electron chi connectivity index (χ3n) is 4.69. The monoisotopic (exact) mass is 411 g/mol. The third-order valence-corrected chi connectivity index (χ3v) is 4.94. The number of aryl methyl sites for hydroxylation is 3. The van der Waals surface area contributed by atoms with E-state index >= 15 is 0 Å². The number of benzene rings is 1. The summed E-state index contributed by atoms with van der Waals surface area (Å²) in [5.74, 6) is 0.282. The summed E-state index contributed by atoms with van der Waals surface area (Å²) in [6, 6.07) is 7.00. The molecular weight excluding hydrogens is 394 g/mol. The number of amides is 1. The molecule has 1 amide bonds.